The number of rotatable bonds is 7. The van der Waals surface area contributed by atoms with Gasteiger partial charge in [-0.25, -0.2) is 0 Å². The number of aryl methyl sites for hydroxylation is 3. The van der Waals surface area contributed by atoms with Gasteiger partial charge in [-0.2, -0.15) is 5.10 Å². The monoisotopic (exact) mass is 391 g/mol. The average molecular weight is 391 g/mol. The predicted octanol–water partition coefficient (Wildman–Crippen LogP) is 3.34. The molecule has 3 aromatic rings. The second kappa shape index (κ2) is 7.95. The number of nitrogens with zero attached hydrogens (tertiary/aromatic N) is 4. The topological polar surface area (TPSA) is 76.2 Å². The van der Waals surface area contributed by atoms with Gasteiger partial charge in [0.25, 0.3) is 5.91 Å². The van der Waals surface area contributed by atoms with Crippen LogP contribution in [0.4, 0.5) is 5.69 Å². The highest BCUT2D eigenvalue weighted by Gasteiger charge is 2.35. The molecule has 3 heterocycles. The van der Waals surface area contributed by atoms with Crippen LogP contribution in [-0.4, -0.2) is 26.9 Å². The molecule has 1 saturated heterocycles. The van der Waals surface area contributed by atoms with Gasteiger partial charge in [0, 0.05) is 11.8 Å². The smallest absolute Gasteiger partial charge is 0.255 e. The zero-order valence-electron chi connectivity index (χ0n) is 16.8. The molecule has 150 valence electrons. The lowest BCUT2D eigenvalue weighted by Crippen LogP contribution is -2.30. The maximum Gasteiger partial charge on any atom is 0.255 e. The molecule has 1 amide bonds. The molecule has 29 heavy (non-hydrogen) atoms. The molecule has 0 aliphatic carbocycles. The molecule has 1 aliphatic heterocycles. The van der Waals surface area contributed by atoms with Gasteiger partial charge in [-0.05, 0) is 38.7 Å². The lowest BCUT2D eigenvalue weighted by atomic mass is 10.0. The summed E-state index contributed by atoms with van der Waals surface area (Å²) >= 11 is 0. The van der Waals surface area contributed by atoms with Crippen LogP contribution in [0.3, 0.4) is 0 Å². The fourth-order valence-electron chi connectivity index (χ4n) is 3.69. The van der Waals surface area contributed by atoms with E-state index in [-0.39, 0.29) is 11.9 Å². The number of benzene rings is 1. The SMILES string of the molecule is C=C1NC(CCCc2ccccc2)C(=O)N1c1cnn(Cc2c(C)noc2C)c1. The molecule has 1 atom stereocenters. The van der Waals surface area contributed by atoms with Gasteiger partial charge in [-0.1, -0.05) is 42.1 Å². The summed E-state index contributed by atoms with van der Waals surface area (Å²) in [4.78, 5) is 14.5. The van der Waals surface area contributed by atoms with E-state index in [1.165, 1.54) is 5.56 Å². The van der Waals surface area contributed by atoms with Gasteiger partial charge in [0.2, 0.25) is 0 Å². The average Bonchev–Trinajstić information content (AvgIpc) is 3.37. The summed E-state index contributed by atoms with van der Waals surface area (Å²) in [7, 11) is 0. The Labute approximate surface area is 170 Å². The summed E-state index contributed by atoms with van der Waals surface area (Å²) in [6, 6.07) is 10.1. The predicted molar refractivity (Wildman–Crippen MR) is 110 cm³/mol. The van der Waals surface area contributed by atoms with Crippen LogP contribution in [0, 0.1) is 13.8 Å². The summed E-state index contributed by atoms with van der Waals surface area (Å²) in [5, 5.41) is 11.6. The molecule has 0 spiro atoms. The number of aromatic nitrogens is 3. The molecular formula is C22H25N5O2. The maximum atomic E-state index is 12.9. The summed E-state index contributed by atoms with van der Waals surface area (Å²) in [6.45, 7) is 8.36. The van der Waals surface area contributed by atoms with Crippen LogP contribution >= 0.6 is 0 Å². The Morgan fingerprint density at radius 2 is 2.03 bits per heavy atom. The van der Waals surface area contributed by atoms with Gasteiger partial charge in [-0.15, -0.1) is 0 Å². The molecule has 2 aromatic heterocycles. The zero-order chi connectivity index (χ0) is 20.4. The molecule has 0 bridgehead atoms. The quantitative estimate of drug-likeness (QED) is 0.669. The van der Waals surface area contributed by atoms with E-state index in [1.807, 2.05) is 38.2 Å². The van der Waals surface area contributed by atoms with Crippen LogP contribution in [-0.2, 0) is 17.8 Å². The molecule has 1 fully saturated rings. The molecule has 7 nitrogen and oxygen atoms in total. The Bertz CT molecular complexity index is 1000. The summed E-state index contributed by atoms with van der Waals surface area (Å²) < 4.78 is 6.99. The molecule has 1 aliphatic rings. The second-order valence-corrected chi connectivity index (χ2v) is 7.39. The van der Waals surface area contributed by atoms with Crippen molar-refractivity contribution < 1.29 is 9.32 Å². The highest BCUT2D eigenvalue weighted by Crippen LogP contribution is 2.25. The van der Waals surface area contributed by atoms with Gasteiger partial charge >= 0.3 is 0 Å². The van der Waals surface area contributed by atoms with E-state index in [9.17, 15) is 4.79 Å². The van der Waals surface area contributed by atoms with Crippen LogP contribution in [0.2, 0.25) is 0 Å². The first-order valence-electron chi connectivity index (χ1n) is 9.80. The zero-order valence-corrected chi connectivity index (χ0v) is 16.8. The number of carbonyl (C=O) groups is 1. The fraction of sp³-hybridized carbons (Fsp3) is 0.318. The Hall–Kier alpha value is -3.35. The van der Waals surface area contributed by atoms with Crippen molar-refractivity contribution in [2.45, 2.75) is 45.7 Å². The van der Waals surface area contributed by atoms with Crippen molar-refractivity contribution >= 4 is 11.6 Å². The van der Waals surface area contributed by atoms with Gasteiger partial charge in [0.05, 0.1) is 24.1 Å². The van der Waals surface area contributed by atoms with Crippen molar-refractivity contribution in [3.63, 3.8) is 0 Å². The second-order valence-electron chi connectivity index (χ2n) is 7.39. The highest BCUT2D eigenvalue weighted by molar-refractivity contribution is 6.02. The van der Waals surface area contributed by atoms with E-state index < -0.39 is 0 Å². The Morgan fingerprint density at radius 3 is 2.76 bits per heavy atom. The Kier molecular flexibility index (Phi) is 5.20. The van der Waals surface area contributed by atoms with Crippen molar-refractivity contribution in [1.29, 1.82) is 0 Å². The van der Waals surface area contributed by atoms with Crippen molar-refractivity contribution in [3.05, 3.63) is 77.7 Å². The third-order valence-corrected chi connectivity index (χ3v) is 5.31. The van der Waals surface area contributed by atoms with E-state index in [4.69, 9.17) is 4.52 Å². The van der Waals surface area contributed by atoms with Gasteiger partial charge in [0.1, 0.15) is 17.6 Å². The number of hydrogen-bond donors (Lipinski definition) is 1. The first-order chi connectivity index (χ1) is 14.0. The number of hydrogen-bond acceptors (Lipinski definition) is 5. The number of anilines is 1. The normalized spacial score (nSPS) is 16.5. The molecule has 0 radical (unpaired) electrons. The molecule has 0 saturated carbocycles. The van der Waals surface area contributed by atoms with E-state index in [1.54, 1.807) is 15.8 Å². The molecule has 1 N–H and O–H groups in total. The first kappa shape index (κ1) is 19.0. The van der Waals surface area contributed by atoms with Crippen molar-refractivity contribution in [3.8, 4) is 0 Å². The number of amides is 1. The Morgan fingerprint density at radius 1 is 1.24 bits per heavy atom. The maximum absolute atomic E-state index is 12.9. The molecule has 1 aromatic carbocycles. The summed E-state index contributed by atoms with van der Waals surface area (Å²) in [5.41, 5.74) is 3.85. The minimum absolute atomic E-state index is 0.0138. The first-order valence-corrected chi connectivity index (χ1v) is 9.80. The number of nitrogens with one attached hydrogen (secondary N) is 1. The van der Waals surface area contributed by atoms with Gasteiger partial charge in [-0.3, -0.25) is 14.4 Å². The molecule has 4 rings (SSSR count). The van der Waals surface area contributed by atoms with Crippen molar-refractivity contribution in [2.75, 3.05) is 4.90 Å². The van der Waals surface area contributed by atoms with Gasteiger partial charge < -0.3 is 9.84 Å². The van der Waals surface area contributed by atoms with E-state index >= 15 is 0 Å². The van der Waals surface area contributed by atoms with Crippen LogP contribution in [0.15, 0.2) is 59.6 Å². The lowest BCUT2D eigenvalue weighted by Gasteiger charge is -2.13. The van der Waals surface area contributed by atoms with Crippen LogP contribution < -0.4 is 10.2 Å². The third kappa shape index (κ3) is 3.94. The van der Waals surface area contributed by atoms with Crippen LogP contribution in [0.1, 0.15) is 35.4 Å². The molecule has 1 unspecified atom stereocenters. The van der Waals surface area contributed by atoms with Crippen molar-refractivity contribution in [2.24, 2.45) is 0 Å². The van der Waals surface area contributed by atoms with Gasteiger partial charge in [0.15, 0.2) is 0 Å². The van der Waals surface area contributed by atoms with E-state index in [0.717, 1.165) is 36.3 Å². The standard InChI is InChI=1S/C22H25N5O2/c1-15-20(16(2)29-25-15)14-26-13-19(12-23-26)27-17(3)24-21(22(27)28)11-7-10-18-8-5-4-6-9-18/h4-6,8-9,12-13,21,24H,3,7,10-11,14H2,1-2H3. The van der Waals surface area contributed by atoms with Crippen molar-refractivity contribution in [1.82, 2.24) is 20.3 Å². The number of carbonyl (C=O) groups excluding carboxylic acids is 1. The third-order valence-electron chi connectivity index (χ3n) is 5.31. The fourth-order valence-corrected chi connectivity index (χ4v) is 3.69. The highest BCUT2D eigenvalue weighted by atomic mass is 16.5. The Balaban J connectivity index is 1.39. The summed E-state index contributed by atoms with van der Waals surface area (Å²) in [5.74, 6) is 1.39. The lowest BCUT2D eigenvalue weighted by molar-refractivity contribution is -0.118. The van der Waals surface area contributed by atoms with Crippen LogP contribution in [0.5, 0.6) is 0 Å². The largest absolute Gasteiger partial charge is 0.361 e. The minimum Gasteiger partial charge on any atom is -0.361 e. The van der Waals surface area contributed by atoms with E-state index in [0.29, 0.717) is 18.1 Å². The minimum atomic E-state index is -0.253. The molecule has 7 heteroatoms. The summed E-state index contributed by atoms with van der Waals surface area (Å²) in [6.07, 6.45) is 6.18. The molecular weight excluding hydrogens is 366 g/mol. The van der Waals surface area contributed by atoms with E-state index in [2.05, 4.69) is 34.3 Å². The van der Waals surface area contributed by atoms with Crippen LogP contribution in [0.25, 0.3) is 0 Å².